The highest BCUT2D eigenvalue weighted by Crippen LogP contribution is 2.43. The lowest BCUT2D eigenvalue weighted by Crippen LogP contribution is -2.54. The Morgan fingerprint density at radius 2 is 1.45 bits per heavy atom. The Labute approximate surface area is 343 Å². The number of benzene rings is 3. The second-order valence-electron chi connectivity index (χ2n) is 16.9. The summed E-state index contributed by atoms with van der Waals surface area (Å²) in [6.07, 6.45) is 4.31. The third-order valence-corrected chi connectivity index (χ3v) is 13.7. The largest absolute Gasteiger partial charge is 0.371 e. The molecule has 3 aromatic carbocycles. The van der Waals surface area contributed by atoms with Crippen LogP contribution >= 0.6 is 11.6 Å². The van der Waals surface area contributed by atoms with Gasteiger partial charge >= 0.3 is 0 Å². The molecule has 1 spiro atoms. The molecule has 1 unspecified atom stereocenters. The number of piperidine rings is 2. The summed E-state index contributed by atoms with van der Waals surface area (Å²) in [6.45, 7) is 9.83. The van der Waals surface area contributed by atoms with Crippen molar-refractivity contribution < 1.29 is 24.0 Å². The maximum absolute atomic E-state index is 13.6. The van der Waals surface area contributed by atoms with E-state index >= 15 is 0 Å². The summed E-state index contributed by atoms with van der Waals surface area (Å²) >= 11 is 6.32. The smallest absolute Gasteiger partial charge is 0.262 e. The van der Waals surface area contributed by atoms with Gasteiger partial charge in [0.2, 0.25) is 11.8 Å². The quantitative estimate of drug-likeness (QED) is 0.342. The molecule has 14 heteroatoms. The number of piperazine rings is 1. The van der Waals surface area contributed by atoms with Gasteiger partial charge in [0.1, 0.15) is 12.1 Å². The highest BCUT2D eigenvalue weighted by Gasteiger charge is 2.45. The summed E-state index contributed by atoms with van der Waals surface area (Å²) in [5, 5.41) is 12.0. The SMILES string of the molecule is N#Cc1ccc(N2CCC3(CCN(C(=O)c4ccc(N5CCN(C[C@H]6CCN(c7ccc8c(c7)C(=O)N(C7CCC(=O)NC7=O)C8=O)C6)CC5)cc4)CC3)C2)cc1Cl. The van der Waals surface area contributed by atoms with E-state index in [0.717, 1.165) is 125 Å². The van der Waals surface area contributed by atoms with Crippen molar-refractivity contribution in [2.24, 2.45) is 11.3 Å². The van der Waals surface area contributed by atoms with Crippen molar-refractivity contribution in [2.45, 2.75) is 44.6 Å². The number of amides is 5. The van der Waals surface area contributed by atoms with E-state index in [2.05, 4.69) is 43.1 Å². The molecule has 0 bridgehead atoms. The summed E-state index contributed by atoms with van der Waals surface area (Å²) in [5.74, 6) is -1.39. The average molecular weight is 803 g/mol. The summed E-state index contributed by atoms with van der Waals surface area (Å²) in [7, 11) is 0. The Balaban J connectivity index is 0.728. The first-order chi connectivity index (χ1) is 28.1. The van der Waals surface area contributed by atoms with Gasteiger partial charge in [-0.15, -0.1) is 0 Å². The lowest BCUT2D eigenvalue weighted by molar-refractivity contribution is -0.136. The van der Waals surface area contributed by atoms with Crippen LogP contribution in [0, 0.1) is 22.7 Å². The molecule has 13 nitrogen and oxygen atoms in total. The second-order valence-corrected chi connectivity index (χ2v) is 17.3. The Morgan fingerprint density at radius 3 is 2.17 bits per heavy atom. The van der Waals surface area contributed by atoms with Crippen LogP contribution in [0.25, 0.3) is 0 Å². The van der Waals surface area contributed by atoms with Crippen LogP contribution in [-0.4, -0.2) is 122 Å². The summed E-state index contributed by atoms with van der Waals surface area (Å²) < 4.78 is 0. The minimum Gasteiger partial charge on any atom is -0.371 e. The zero-order valence-electron chi connectivity index (χ0n) is 32.5. The monoisotopic (exact) mass is 802 g/mol. The molecule has 5 fully saturated rings. The number of fused-ring (bicyclic) bond motifs is 1. The molecule has 2 atom stereocenters. The number of hydrogen-bond donors (Lipinski definition) is 1. The van der Waals surface area contributed by atoms with Crippen molar-refractivity contribution in [3.63, 3.8) is 0 Å². The minimum atomic E-state index is -0.970. The highest BCUT2D eigenvalue weighted by molar-refractivity contribution is 6.32. The number of halogens is 1. The van der Waals surface area contributed by atoms with E-state index in [1.807, 2.05) is 35.2 Å². The van der Waals surface area contributed by atoms with E-state index in [1.54, 1.807) is 18.2 Å². The third kappa shape index (κ3) is 7.17. The molecular formula is C44H47ClN8O5. The number of carbonyl (C=O) groups excluding carboxylic acids is 5. The maximum Gasteiger partial charge on any atom is 0.262 e. The predicted molar refractivity (Wildman–Crippen MR) is 219 cm³/mol. The van der Waals surface area contributed by atoms with Crippen molar-refractivity contribution >= 4 is 58.2 Å². The van der Waals surface area contributed by atoms with Gasteiger partial charge in [0.05, 0.1) is 21.7 Å². The number of nitrogens with one attached hydrogen (secondary N) is 1. The molecule has 6 heterocycles. The van der Waals surface area contributed by atoms with Crippen molar-refractivity contribution in [1.82, 2.24) is 20.0 Å². The van der Waals surface area contributed by atoms with Gasteiger partial charge in [-0.2, -0.15) is 5.26 Å². The maximum atomic E-state index is 13.6. The number of nitrogens with zero attached hydrogens (tertiary/aromatic N) is 7. The number of rotatable bonds is 7. The Hall–Kier alpha value is -5.45. The van der Waals surface area contributed by atoms with Crippen LogP contribution in [0.3, 0.4) is 0 Å². The van der Waals surface area contributed by atoms with Gasteiger partial charge in [0, 0.05) is 101 Å². The second kappa shape index (κ2) is 15.4. The first-order valence-electron chi connectivity index (χ1n) is 20.5. The van der Waals surface area contributed by atoms with Gasteiger partial charge in [0.15, 0.2) is 0 Å². The molecule has 6 aliphatic rings. The van der Waals surface area contributed by atoms with Crippen LogP contribution in [0.1, 0.15) is 75.2 Å². The number of anilines is 3. The number of likely N-dealkylation sites (tertiary alicyclic amines) is 1. The molecule has 0 aliphatic carbocycles. The molecule has 0 saturated carbocycles. The molecule has 58 heavy (non-hydrogen) atoms. The molecular weight excluding hydrogens is 756 g/mol. The lowest BCUT2D eigenvalue weighted by atomic mass is 9.77. The zero-order valence-corrected chi connectivity index (χ0v) is 33.3. The molecule has 0 radical (unpaired) electrons. The van der Waals surface area contributed by atoms with E-state index in [-0.39, 0.29) is 30.1 Å². The Bertz CT molecular complexity index is 2210. The van der Waals surface area contributed by atoms with Crippen molar-refractivity contribution in [1.29, 1.82) is 5.26 Å². The molecule has 9 rings (SSSR count). The third-order valence-electron chi connectivity index (χ3n) is 13.4. The average Bonchev–Trinajstić information content (AvgIpc) is 3.95. The molecule has 5 saturated heterocycles. The Kier molecular flexibility index (Phi) is 10.1. The standard InChI is InChI=1S/C44H47ClN8O5/c45-37-24-34(6-3-31(37)25-46)52-18-14-44(28-52)12-16-50(17-13-44)41(56)30-1-4-32(5-2-30)49-21-19-48(20-22-49)26-29-11-15-51(27-29)33-7-8-35-36(23-33)43(58)53(42(35)57)38-9-10-39(54)47-40(38)55/h1-8,23-24,29,38H,9-22,26-28H2,(H,47,54,55)/t29-,38?/m1/s1. The normalized spacial score (nSPS) is 23.5. The van der Waals surface area contributed by atoms with Crippen LogP contribution in [-0.2, 0) is 9.59 Å². The van der Waals surface area contributed by atoms with Gasteiger partial charge in [0.25, 0.3) is 17.7 Å². The first-order valence-corrected chi connectivity index (χ1v) is 20.9. The molecule has 5 amide bonds. The van der Waals surface area contributed by atoms with Crippen LogP contribution in [0.15, 0.2) is 60.7 Å². The summed E-state index contributed by atoms with van der Waals surface area (Å²) in [5.41, 5.74) is 5.12. The van der Waals surface area contributed by atoms with Gasteiger partial charge in [-0.3, -0.25) is 39.1 Å². The zero-order chi connectivity index (χ0) is 40.1. The van der Waals surface area contributed by atoms with E-state index in [4.69, 9.17) is 11.6 Å². The number of nitriles is 1. The lowest BCUT2D eigenvalue weighted by Gasteiger charge is -2.39. The number of carbonyl (C=O) groups is 5. The first kappa shape index (κ1) is 38.1. The predicted octanol–water partition coefficient (Wildman–Crippen LogP) is 4.39. The fraction of sp³-hybridized carbons (Fsp3) is 0.455. The van der Waals surface area contributed by atoms with Crippen LogP contribution in [0.2, 0.25) is 5.02 Å². The fourth-order valence-corrected chi connectivity index (χ4v) is 10.2. The topological polar surface area (TPSA) is 141 Å². The summed E-state index contributed by atoms with van der Waals surface area (Å²) in [4.78, 5) is 76.7. The van der Waals surface area contributed by atoms with Crippen molar-refractivity contribution in [3.05, 3.63) is 87.9 Å². The van der Waals surface area contributed by atoms with E-state index < -0.39 is 23.8 Å². The molecule has 300 valence electrons. The van der Waals surface area contributed by atoms with Crippen LogP contribution in [0.4, 0.5) is 17.1 Å². The highest BCUT2D eigenvalue weighted by atomic mass is 35.5. The van der Waals surface area contributed by atoms with E-state index in [0.29, 0.717) is 27.6 Å². The van der Waals surface area contributed by atoms with Crippen molar-refractivity contribution in [2.75, 3.05) is 86.7 Å². The van der Waals surface area contributed by atoms with E-state index in [1.165, 1.54) is 0 Å². The molecule has 1 N–H and O–H groups in total. The van der Waals surface area contributed by atoms with Gasteiger partial charge in [-0.05, 0) is 104 Å². The molecule has 0 aromatic heterocycles. The van der Waals surface area contributed by atoms with Crippen LogP contribution in [0.5, 0.6) is 0 Å². The summed E-state index contributed by atoms with van der Waals surface area (Å²) in [6, 6.07) is 20.3. The van der Waals surface area contributed by atoms with Gasteiger partial charge < -0.3 is 19.6 Å². The number of hydrogen-bond acceptors (Lipinski definition) is 10. The Morgan fingerprint density at radius 1 is 0.759 bits per heavy atom. The van der Waals surface area contributed by atoms with Gasteiger partial charge in [-0.25, -0.2) is 0 Å². The van der Waals surface area contributed by atoms with Crippen LogP contribution < -0.4 is 20.0 Å². The number of imide groups is 2. The van der Waals surface area contributed by atoms with E-state index in [9.17, 15) is 29.2 Å². The van der Waals surface area contributed by atoms with Gasteiger partial charge in [-0.1, -0.05) is 11.6 Å². The fourth-order valence-electron chi connectivity index (χ4n) is 9.96. The molecule has 6 aliphatic heterocycles. The molecule has 3 aromatic rings. The minimum absolute atomic E-state index is 0.0942. The van der Waals surface area contributed by atoms with Crippen molar-refractivity contribution in [3.8, 4) is 6.07 Å².